The molecule has 1 aromatic carbocycles. The van der Waals surface area contributed by atoms with Crippen LogP contribution in [0.4, 0.5) is 13.2 Å². The maximum Gasteiger partial charge on any atom is 0.416 e. The minimum absolute atomic E-state index is 0.0332. The average Bonchev–Trinajstić information content (AvgIpc) is 3.04. The molecule has 1 atom stereocenters. The molecule has 0 radical (unpaired) electrons. The highest BCUT2D eigenvalue weighted by Gasteiger charge is 2.30. The van der Waals surface area contributed by atoms with Gasteiger partial charge in [0, 0.05) is 18.8 Å². The molecule has 1 aliphatic heterocycles. The third-order valence-corrected chi connectivity index (χ3v) is 5.37. The number of carbonyl (C=O) groups excluding carboxylic acids is 1. The lowest BCUT2D eigenvalue weighted by Gasteiger charge is -2.20. The van der Waals surface area contributed by atoms with Crippen molar-refractivity contribution in [1.82, 2.24) is 4.90 Å². The van der Waals surface area contributed by atoms with Crippen molar-refractivity contribution in [3.05, 3.63) is 54.0 Å². The molecule has 0 spiro atoms. The third-order valence-electron chi connectivity index (χ3n) is 4.08. The van der Waals surface area contributed by atoms with E-state index >= 15 is 0 Å². The second-order valence-corrected chi connectivity index (χ2v) is 7.17. The summed E-state index contributed by atoms with van der Waals surface area (Å²) in [5.41, 5.74) is -0.796. The second-order valence-electron chi connectivity index (χ2n) is 5.86. The van der Waals surface area contributed by atoms with Gasteiger partial charge in [-0.3, -0.25) is 4.79 Å². The van der Waals surface area contributed by atoms with E-state index in [1.807, 2.05) is 12.1 Å². The zero-order valence-corrected chi connectivity index (χ0v) is 14.7. The van der Waals surface area contributed by atoms with Crippen LogP contribution in [-0.4, -0.2) is 36.3 Å². The summed E-state index contributed by atoms with van der Waals surface area (Å²) in [6, 6.07) is 8.30. The van der Waals surface area contributed by atoms with Gasteiger partial charge in [-0.25, -0.2) is 0 Å². The molecule has 0 N–H and O–H groups in total. The highest BCUT2D eigenvalue weighted by atomic mass is 32.2. The molecule has 0 saturated carbocycles. The van der Waals surface area contributed by atoms with Crippen LogP contribution in [0.2, 0.25) is 0 Å². The van der Waals surface area contributed by atoms with E-state index in [4.69, 9.17) is 9.15 Å². The lowest BCUT2D eigenvalue weighted by molar-refractivity contribution is -0.137. The number of carbonyl (C=O) groups is 1. The molecule has 0 aliphatic carbocycles. The Morgan fingerprint density at radius 1 is 1.27 bits per heavy atom. The number of hydrogen-bond donors (Lipinski definition) is 0. The van der Waals surface area contributed by atoms with E-state index in [1.165, 1.54) is 12.1 Å². The molecule has 140 valence electrons. The highest BCUT2D eigenvalue weighted by molar-refractivity contribution is 7.99. The van der Waals surface area contributed by atoms with Gasteiger partial charge in [0.15, 0.2) is 6.61 Å². The summed E-state index contributed by atoms with van der Waals surface area (Å²) in [6.07, 6.45) is -2.05. The fourth-order valence-corrected chi connectivity index (χ4v) is 3.90. The molecule has 1 fully saturated rings. The van der Waals surface area contributed by atoms with Gasteiger partial charge >= 0.3 is 6.18 Å². The van der Waals surface area contributed by atoms with Crippen LogP contribution < -0.4 is 4.74 Å². The van der Waals surface area contributed by atoms with Crippen molar-refractivity contribution in [3.8, 4) is 5.75 Å². The lowest BCUT2D eigenvalue weighted by atomic mass is 10.2. The van der Waals surface area contributed by atoms with E-state index in [2.05, 4.69) is 0 Å². The van der Waals surface area contributed by atoms with Crippen molar-refractivity contribution in [1.29, 1.82) is 0 Å². The van der Waals surface area contributed by atoms with Crippen LogP contribution in [-0.2, 0) is 11.0 Å². The molecular formula is C18H18F3NO3S. The van der Waals surface area contributed by atoms with Crippen molar-refractivity contribution in [2.45, 2.75) is 17.8 Å². The fraction of sp³-hybridized carbons (Fsp3) is 0.389. The van der Waals surface area contributed by atoms with Gasteiger partial charge in [0.1, 0.15) is 11.5 Å². The van der Waals surface area contributed by atoms with Crippen molar-refractivity contribution in [2.75, 3.05) is 25.4 Å². The summed E-state index contributed by atoms with van der Waals surface area (Å²) < 4.78 is 48.9. The first-order valence-electron chi connectivity index (χ1n) is 8.16. The number of thioether (sulfide) groups is 1. The molecule has 1 saturated heterocycles. The van der Waals surface area contributed by atoms with Gasteiger partial charge in [0.25, 0.3) is 5.91 Å². The molecular weight excluding hydrogens is 367 g/mol. The minimum atomic E-state index is -4.44. The number of rotatable bonds is 4. The molecule has 3 rings (SSSR count). The molecule has 2 heterocycles. The molecule has 4 nitrogen and oxygen atoms in total. The van der Waals surface area contributed by atoms with Gasteiger partial charge in [-0.1, -0.05) is 6.07 Å². The number of nitrogens with zero attached hydrogens (tertiary/aromatic N) is 1. The summed E-state index contributed by atoms with van der Waals surface area (Å²) >= 11 is 1.73. The quantitative estimate of drug-likeness (QED) is 0.783. The van der Waals surface area contributed by atoms with E-state index in [1.54, 1.807) is 22.9 Å². The standard InChI is InChI=1S/C18H18F3NO3S/c19-18(20,21)13-3-1-4-14(11-13)25-12-17(23)22-7-6-16(26-10-8-22)15-5-2-9-24-15/h1-5,9,11,16H,6-8,10,12H2/t16-/m0/s1. The third kappa shape index (κ3) is 4.75. The first kappa shape index (κ1) is 18.7. The predicted molar refractivity (Wildman–Crippen MR) is 92.0 cm³/mol. The van der Waals surface area contributed by atoms with Crippen LogP contribution in [0.15, 0.2) is 47.1 Å². The molecule has 26 heavy (non-hydrogen) atoms. The van der Waals surface area contributed by atoms with Gasteiger partial charge < -0.3 is 14.1 Å². The van der Waals surface area contributed by atoms with Crippen molar-refractivity contribution < 1.29 is 27.1 Å². The normalized spacial score (nSPS) is 18.4. The van der Waals surface area contributed by atoms with Crippen LogP contribution in [0.5, 0.6) is 5.75 Å². The molecule has 0 bridgehead atoms. The number of alkyl halides is 3. The molecule has 1 aliphatic rings. The Morgan fingerprint density at radius 3 is 2.85 bits per heavy atom. The molecule has 2 aromatic rings. The highest BCUT2D eigenvalue weighted by Crippen LogP contribution is 2.34. The molecule has 8 heteroatoms. The van der Waals surface area contributed by atoms with Gasteiger partial charge in [0.05, 0.1) is 17.1 Å². The zero-order chi connectivity index (χ0) is 18.6. The van der Waals surface area contributed by atoms with E-state index in [-0.39, 0.29) is 23.5 Å². The number of hydrogen-bond acceptors (Lipinski definition) is 4. The van der Waals surface area contributed by atoms with Crippen molar-refractivity contribution >= 4 is 17.7 Å². The number of benzene rings is 1. The zero-order valence-electron chi connectivity index (χ0n) is 13.9. The van der Waals surface area contributed by atoms with E-state index < -0.39 is 11.7 Å². The number of furan rings is 1. The van der Waals surface area contributed by atoms with Gasteiger partial charge in [-0.15, -0.1) is 11.8 Å². The average molecular weight is 385 g/mol. The van der Waals surface area contributed by atoms with Gasteiger partial charge in [-0.2, -0.15) is 13.2 Å². The maximum absolute atomic E-state index is 12.7. The topological polar surface area (TPSA) is 42.7 Å². The maximum atomic E-state index is 12.7. The SMILES string of the molecule is O=C(COc1cccc(C(F)(F)F)c1)N1CCS[C@H](c2ccco2)CC1. The second kappa shape index (κ2) is 8.07. The number of amides is 1. The number of halogens is 3. The Hall–Kier alpha value is -2.09. The van der Waals surface area contributed by atoms with Crippen molar-refractivity contribution in [3.63, 3.8) is 0 Å². The fourth-order valence-electron chi connectivity index (χ4n) is 2.72. The Kier molecular flexibility index (Phi) is 5.80. The van der Waals surface area contributed by atoms with Gasteiger partial charge in [-0.05, 0) is 36.8 Å². The molecule has 0 unspecified atom stereocenters. The first-order chi connectivity index (χ1) is 12.4. The van der Waals surface area contributed by atoms with Crippen LogP contribution >= 0.6 is 11.8 Å². The Bertz CT molecular complexity index is 734. The minimum Gasteiger partial charge on any atom is -0.484 e. The van der Waals surface area contributed by atoms with Crippen LogP contribution in [0.25, 0.3) is 0 Å². The Morgan fingerprint density at radius 2 is 2.12 bits per heavy atom. The van der Waals surface area contributed by atoms with E-state index in [0.717, 1.165) is 30.1 Å². The Labute approximate surface area is 153 Å². The van der Waals surface area contributed by atoms with Crippen LogP contribution in [0.1, 0.15) is 23.0 Å². The monoisotopic (exact) mass is 385 g/mol. The summed E-state index contributed by atoms with van der Waals surface area (Å²) in [4.78, 5) is 14.0. The first-order valence-corrected chi connectivity index (χ1v) is 9.21. The largest absolute Gasteiger partial charge is 0.484 e. The summed E-state index contributed by atoms with van der Waals surface area (Å²) in [5, 5.41) is 0.201. The predicted octanol–water partition coefficient (Wildman–Crippen LogP) is 4.38. The van der Waals surface area contributed by atoms with Crippen LogP contribution in [0.3, 0.4) is 0 Å². The smallest absolute Gasteiger partial charge is 0.416 e. The summed E-state index contributed by atoms with van der Waals surface area (Å²) in [7, 11) is 0. The Balaban J connectivity index is 1.54. The lowest BCUT2D eigenvalue weighted by Crippen LogP contribution is -2.36. The van der Waals surface area contributed by atoms with E-state index in [9.17, 15) is 18.0 Å². The van der Waals surface area contributed by atoms with Crippen LogP contribution in [0, 0.1) is 0 Å². The summed E-state index contributed by atoms with van der Waals surface area (Å²) in [5.74, 6) is 1.46. The number of ether oxygens (including phenoxy) is 1. The van der Waals surface area contributed by atoms with Gasteiger partial charge in [0.2, 0.25) is 0 Å². The summed E-state index contributed by atoms with van der Waals surface area (Å²) in [6.45, 7) is 0.854. The molecule has 1 amide bonds. The van der Waals surface area contributed by atoms with Crippen molar-refractivity contribution in [2.24, 2.45) is 0 Å². The molecule has 1 aromatic heterocycles. The van der Waals surface area contributed by atoms with E-state index in [0.29, 0.717) is 13.1 Å².